The second-order valence-corrected chi connectivity index (χ2v) is 6.51. The van der Waals surface area contributed by atoms with Gasteiger partial charge in [0.2, 0.25) is 0 Å². The van der Waals surface area contributed by atoms with Crippen LogP contribution < -0.4 is 10.1 Å². The Bertz CT molecular complexity index is 712. The van der Waals surface area contributed by atoms with Gasteiger partial charge in [0.1, 0.15) is 5.75 Å². The Balaban J connectivity index is 1.69. The smallest absolute Gasteiger partial charge is 0.322 e. The third kappa shape index (κ3) is 4.13. The highest BCUT2D eigenvalue weighted by atomic mass is 16.5. The molecule has 2 aromatic carbocycles. The Morgan fingerprint density at radius 2 is 2.04 bits per heavy atom. The maximum absolute atomic E-state index is 12.7. The van der Waals surface area contributed by atoms with Crippen molar-refractivity contribution in [1.29, 1.82) is 0 Å². The summed E-state index contributed by atoms with van der Waals surface area (Å²) in [6.07, 6.45) is 4.20. The molecule has 1 aliphatic rings. The van der Waals surface area contributed by atoms with Crippen molar-refractivity contribution in [3.63, 3.8) is 0 Å². The molecule has 1 saturated heterocycles. The molecule has 0 bridgehead atoms. The monoisotopic (exact) mass is 338 g/mol. The fraction of sp³-hybridized carbons (Fsp3) is 0.381. The number of methoxy groups -OCH3 is 1. The Labute approximate surface area is 149 Å². The van der Waals surface area contributed by atoms with Gasteiger partial charge in [-0.2, -0.15) is 0 Å². The lowest BCUT2D eigenvalue weighted by molar-refractivity contribution is 0.207. The van der Waals surface area contributed by atoms with Crippen LogP contribution in [-0.4, -0.2) is 24.6 Å². The number of benzene rings is 2. The third-order valence-electron chi connectivity index (χ3n) is 4.74. The molecular formula is C21H26N2O2. The molecule has 1 unspecified atom stereocenters. The van der Waals surface area contributed by atoms with Gasteiger partial charge in [-0.15, -0.1) is 0 Å². The van der Waals surface area contributed by atoms with E-state index in [9.17, 15) is 4.79 Å². The van der Waals surface area contributed by atoms with Gasteiger partial charge in [0.25, 0.3) is 0 Å². The quantitative estimate of drug-likeness (QED) is 0.832. The van der Waals surface area contributed by atoms with E-state index in [0.29, 0.717) is 0 Å². The Morgan fingerprint density at radius 3 is 2.76 bits per heavy atom. The molecule has 0 radical (unpaired) electrons. The van der Waals surface area contributed by atoms with Crippen LogP contribution in [0.5, 0.6) is 5.75 Å². The summed E-state index contributed by atoms with van der Waals surface area (Å²) in [6, 6.07) is 16.2. The van der Waals surface area contributed by atoms with Crippen LogP contribution in [0.25, 0.3) is 0 Å². The Kier molecular flexibility index (Phi) is 5.59. The van der Waals surface area contributed by atoms with E-state index in [-0.39, 0.29) is 12.1 Å². The summed E-state index contributed by atoms with van der Waals surface area (Å²) in [5.41, 5.74) is 3.28. The summed E-state index contributed by atoms with van der Waals surface area (Å²) >= 11 is 0. The number of amides is 2. The van der Waals surface area contributed by atoms with Crippen molar-refractivity contribution in [3.8, 4) is 5.75 Å². The summed E-state index contributed by atoms with van der Waals surface area (Å²) in [7, 11) is 1.67. The van der Waals surface area contributed by atoms with Crippen LogP contribution >= 0.6 is 0 Å². The molecule has 0 aromatic heterocycles. The van der Waals surface area contributed by atoms with Crippen LogP contribution in [0, 0.1) is 0 Å². The summed E-state index contributed by atoms with van der Waals surface area (Å²) in [6.45, 7) is 2.95. The van der Waals surface area contributed by atoms with Crippen LogP contribution in [-0.2, 0) is 6.42 Å². The summed E-state index contributed by atoms with van der Waals surface area (Å²) < 4.78 is 5.32. The van der Waals surface area contributed by atoms with E-state index in [1.165, 1.54) is 5.56 Å². The number of likely N-dealkylation sites (tertiary alicyclic amines) is 1. The maximum Gasteiger partial charge on any atom is 0.322 e. The second-order valence-electron chi connectivity index (χ2n) is 6.51. The van der Waals surface area contributed by atoms with Crippen LogP contribution in [0.15, 0.2) is 48.5 Å². The molecule has 1 atom stereocenters. The molecular weight excluding hydrogens is 312 g/mol. The number of carbonyl (C=O) groups is 1. The van der Waals surface area contributed by atoms with Crippen molar-refractivity contribution in [3.05, 3.63) is 59.7 Å². The third-order valence-corrected chi connectivity index (χ3v) is 4.74. The number of nitrogens with zero attached hydrogens (tertiary/aromatic N) is 1. The average molecular weight is 338 g/mol. The molecule has 1 N–H and O–H groups in total. The Hall–Kier alpha value is -2.49. The van der Waals surface area contributed by atoms with Gasteiger partial charge in [0, 0.05) is 12.2 Å². The number of anilines is 1. The van der Waals surface area contributed by atoms with Gasteiger partial charge in [-0.25, -0.2) is 4.79 Å². The van der Waals surface area contributed by atoms with Crippen molar-refractivity contribution in [2.75, 3.05) is 19.0 Å². The van der Waals surface area contributed by atoms with Crippen molar-refractivity contribution < 1.29 is 9.53 Å². The fourth-order valence-corrected chi connectivity index (χ4v) is 3.44. The minimum atomic E-state index is -0.0337. The number of carbonyl (C=O) groups excluding carboxylic acids is 1. The highest BCUT2D eigenvalue weighted by Crippen LogP contribution is 2.33. The first-order chi connectivity index (χ1) is 12.2. The standard InChI is InChI=1S/C21H26N2O2/c1-3-6-16-10-12-18(13-11-16)22-21(24)23-14-5-9-20(23)17-7-4-8-19(15-17)25-2/h4,7-8,10-13,15,20H,3,5-6,9,14H2,1-2H3,(H,22,24). The molecule has 1 fully saturated rings. The lowest BCUT2D eigenvalue weighted by atomic mass is 10.0. The molecule has 132 valence electrons. The predicted molar refractivity (Wildman–Crippen MR) is 101 cm³/mol. The van der Waals surface area contributed by atoms with E-state index < -0.39 is 0 Å². The zero-order valence-corrected chi connectivity index (χ0v) is 15.0. The molecule has 2 amide bonds. The number of aryl methyl sites for hydroxylation is 1. The first kappa shape index (κ1) is 17.3. The minimum Gasteiger partial charge on any atom is -0.497 e. The zero-order valence-electron chi connectivity index (χ0n) is 15.0. The van der Waals surface area contributed by atoms with E-state index in [1.807, 2.05) is 35.2 Å². The summed E-state index contributed by atoms with van der Waals surface area (Å²) in [5.74, 6) is 0.830. The lowest BCUT2D eigenvalue weighted by Gasteiger charge is -2.25. The highest BCUT2D eigenvalue weighted by molar-refractivity contribution is 5.89. The fourth-order valence-electron chi connectivity index (χ4n) is 3.44. The van der Waals surface area contributed by atoms with Crippen LogP contribution in [0.3, 0.4) is 0 Å². The van der Waals surface area contributed by atoms with E-state index in [2.05, 4.69) is 30.4 Å². The molecule has 2 aromatic rings. The molecule has 4 nitrogen and oxygen atoms in total. The number of nitrogens with one attached hydrogen (secondary N) is 1. The largest absolute Gasteiger partial charge is 0.497 e. The average Bonchev–Trinajstić information content (AvgIpc) is 3.13. The predicted octanol–water partition coefficient (Wildman–Crippen LogP) is 5.02. The highest BCUT2D eigenvalue weighted by Gasteiger charge is 2.30. The van der Waals surface area contributed by atoms with Gasteiger partial charge in [-0.1, -0.05) is 37.6 Å². The normalized spacial score (nSPS) is 16.7. The SMILES string of the molecule is CCCc1ccc(NC(=O)N2CCCC2c2cccc(OC)c2)cc1. The van der Waals surface area contributed by atoms with Gasteiger partial charge in [-0.05, 0) is 54.7 Å². The molecule has 3 rings (SSSR count). The lowest BCUT2D eigenvalue weighted by Crippen LogP contribution is -2.34. The van der Waals surface area contributed by atoms with Gasteiger partial charge >= 0.3 is 6.03 Å². The minimum absolute atomic E-state index is 0.0337. The van der Waals surface area contributed by atoms with E-state index in [0.717, 1.165) is 49.2 Å². The number of hydrogen-bond acceptors (Lipinski definition) is 2. The summed E-state index contributed by atoms with van der Waals surface area (Å²) in [4.78, 5) is 14.7. The molecule has 0 saturated carbocycles. The van der Waals surface area contributed by atoms with Crippen molar-refractivity contribution >= 4 is 11.7 Å². The maximum atomic E-state index is 12.7. The number of rotatable bonds is 5. The van der Waals surface area contributed by atoms with Crippen molar-refractivity contribution in [2.45, 2.75) is 38.6 Å². The zero-order chi connectivity index (χ0) is 17.6. The topological polar surface area (TPSA) is 41.6 Å². The Morgan fingerprint density at radius 1 is 1.24 bits per heavy atom. The second kappa shape index (κ2) is 8.06. The molecule has 1 aliphatic heterocycles. The van der Waals surface area contributed by atoms with E-state index in [1.54, 1.807) is 7.11 Å². The number of hydrogen-bond donors (Lipinski definition) is 1. The van der Waals surface area contributed by atoms with Gasteiger partial charge in [0.15, 0.2) is 0 Å². The van der Waals surface area contributed by atoms with Crippen LogP contribution in [0.4, 0.5) is 10.5 Å². The molecule has 25 heavy (non-hydrogen) atoms. The molecule has 0 aliphatic carbocycles. The first-order valence-electron chi connectivity index (χ1n) is 9.01. The summed E-state index contributed by atoms with van der Waals surface area (Å²) in [5, 5.41) is 3.04. The van der Waals surface area contributed by atoms with Gasteiger partial charge < -0.3 is 15.0 Å². The molecule has 0 spiro atoms. The van der Waals surface area contributed by atoms with E-state index >= 15 is 0 Å². The number of urea groups is 1. The van der Waals surface area contributed by atoms with Crippen LogP contribution in [0.1, 0.15) is 43.4 Å². The molecule has 1 heterocycles. The van der Waals surface area contributed by atoms with Gasteiger partial charge in [-0.3, -0.25) is 0 Å². The molecule has 4 heteroatoms. The van der Waals surface area contributed by atoms with Crippen molar-refractivity contribution in [2.24, 2.45) is 0 Å². The first-order valence-corrected chi connectivity index (χ1v) is 9.01. The number of ether oxygens (including phenoxy) is 1. The van der Waals surface area contributed by atoms with Crippen LogP contribution in [0.2, 0.25) is 0 Å². The van der Waals surface area contributed by atoms with E-state index in [4.69, 9.17) is 4.74 Å². The van der Waals surface area contributed by atoms with Crippen molar-refractivity contribution in [1.82, 2.24) is 4.90 Å². The van der Waals surface area contributed by atoms with Gasteiger partial charge in [0.05, 0.1) is 13.2 Å².